The van der Waals surface area contributed by atoms with Gasteiger partial charge < -0.3 is 19.1 Å². The Balaban J connectivity index is 1.78. The lowest BCUT2D eigenvalue weighted by Gasteiger charge is -2.34. The van der Waals surface area contributed by atoms with Gasteiger partial charge in [0, 0.05) is 40.1 Å². The van der Waals surface area contributed by atoms with Crippen molar-refractivity contribution in [2.75, 3.05) is 0 Å². The molecule has 3 aromatic rings. The molecule has 0 fully saturated rings. The van der Waals surface area contributed by atoms with E-state index in [4.69, 9.17) is 31.2 Å². The SMILES string of the molecule is CCc1c2c(nc3ccc(OC(=O)O)cc13)-c1cc3c(c(=O)n1C2)CC(=O)C(=O)[C@@]3(CC)OC(=O)Cl. The fraction of sp³-hybridized carbons (Fsp3) is 0.280. The summed E-state index contributed by atoms with van der Waals surface area (Å²) in [6.45, 7) is 3.66. The summed E-state index contributed by atoms with van der Waals surface area (Å²) in [5, 5.41) is 9.65. The average Bonchev–Trinajstić information content (AvgIpc) is 3.19. The molecule has 10 nitrogen and oxygen atoms in total. The van der Waals surface area contributed by atoms with Gasteiger partial charge in [-0.3, -0.25) is 14.4 Å². The summed E-state index contributed by atoms with van der Waals surface area (Å²) in [5.74, 6) is -1.62. The second-order valence-corrected chi connectivity index (χ2v) is 8.89. The van der Waals surface area contributed by atoms with Crippen molar-refractivity contribution in [2.45, 2.75) is 45.3 Å². The minimum atomic E-state index is -1.99. The molecule has 0 radical (unpaired) electrons. The summed E-state index contributed by atoms with van der Waals surface area (Å²) in [4.78, 5) is 66.5. The van der Waals surface area contributed by atoms with E-state index in [1.165, 1.54) is 10.6 Å². The Kier molecular flexibility index (Phi) is 5.44. The third-order valence-electron chi connectivity index (χ3n) is 6.84. The van der Waals surface area contributed by atoms with Crippen LogP contribution in [-0.4, -0.2) is 37.8 Å². The minimum Gasteiger partial charge on any atom is -0.449 e. The third kappa shape index (κ3) is 3.32. The summed E-state index contributed by atoms with van der Waals surface area (Å²) in [7, 11) is 0. The summed E-state index contributed by atoms with van der Waals surface area (Å²) in [6.07, 6.45) is -1.37. The normalized spacial score (nSPS) is 18.0. The van der Waals surface area contributed by atoms with Crippen LogP contribution in [0.25, 0.3) is 22.3 Å². The topological polar surface area (TPSA) is 142 Å². The van der Waals surface area contributed by atoms with Crippen LogP contribution < -0.4 is 10.3 Å². The first kappa shape index (κ1) is 23.7. The summed E-state index contributed by atoms with van der Waals surface area (Å²) < 4.78 is 11.5. The van der Waals surface area contributed by atoms with Gasteiger partial charge in [0.1, 0.15) is 5.75 Å². The van der Waals surface area contributed by atoms with E-state index in [1.807, 2.05) is 6.92 Å². The van der Waals surface area contributed by atoms with E-state index in [1.54, 1.807) is 25.1 Å². The predicted molar refractivity (Wildman–Crippen MR) is 127 cm³/mol. The zero-order valence-electron chi connectivity index (χ0n) is 19.2. The number of carboxylic acid groups (broad SMARTS) is 1. The maximum atomic E-state index is 13.6. The van der Waals surface area contributed by atoms with Crippen molar-refractivity contribution in [1.29, 1.82) is 0 Å². The number of aromatic nitrogens is 2. The average molecular weight is 511 g/mol. The Morgan fingerprint density at radius 3 is 2.56 bits per heavy atom. The summed E-state index contributed by atoms with van der Waals surface area (Å²) in [6, 6.07) is 6.28. The lowest BCUT2D eigenvalue weighted by molar-refractivity contribution is -0.150. The molecule has 0 unspecified atom stereocenters. The Hall–Kier alpha value is -4.05. The maximum Gasteiger partial charge on any atom is 0.511 e. The number of Topliss-reactive ketones (excluding diaryl/α,β-unsaturated/α-hetero) is 2. The Morgan fingerprint density at radius 1 is 1.17 bits per heavy atom. The van der Waals surface area contributed by atoms with Gasteiger partial charge in [0.25, 0.3) is 5.56 Å². The molecule has 1 aliphatic heterocycles. The monoisotopic (exact) mass is 510 g/mol. The Morgan fingerprint density at radius 2 is 1.92 bits per heavy atom. The number of hydrogen-bond acceptors (Lipinski definition) is 8. The molecule has 0 saturated heterocycles. The lowest BCUT2D eigenvalue weighted by Crippen LogP contribution is -2.50. The van der Waals surface area contributed by atoms with Crippen LogP contribution in [0.2, 0.25) is 0 Å². The van der Waals surface area contributed by atoms with Crippen molar-refractivity contribution in [3.05, 3.63) is 56.9 Å². The number of nitrogens with zero attached hydrogens (tertiary/aromatic N) is 2. The molecule has 1 atom stereocenters. The molecule has 2 aliphatic rings. The number of hydrogen-bond donors (Lipinski definition) is 1. The molecule has 11 heteroatoms. The maximum absolute atomic E-state index is 13.6. The zero-order chi connectivity index (χ0) is 25.9. The fourth-order valence-electron chi connectivity index (χ4n) is 5.28. The van der Waals surface area contributed by atoms with Crippen molar-refractivity contribution in [2.24, 2.45) is 0 Å². The molecular formula is C25H19ClN2O8. The van der Waals surface area contributed by atoms with Crippen LogP contribution in [0.1, 0.15) is 42.5 Å². The van der Waals surface area contributed by atoms with E-state index < -0.39 is 40.7 Å². The number of carbonyl (C=O) groups excluding carboxylic acids is 3. The molecule has 5 rings (SSSR count). The first-order valence-corrected chi connectivity index (χ1v) is 11.6. The number of pyridine rings is 2. The van der Waals surface area contributed by atoms with E-state index in [-0.39, 0.29) is 29.8 Å². The smallest absolute Gasteiger partial charge is 0.449 e. The van der Waals surface area contributed by atoms with E-state index in [0.29, 0.717) is 28.7 Å². The molecule has 1 aliphatic carbocycles. The minimum absolute atomic E-state index is 0.0793. The predicted octanol–water partition coefficient (Wildman–Crippen LogP) is 3.72. The molecule has 184 valence electrons. The first-order chi connectivity index (χ1) is 17.1. The highest BCUT2D eigenvalue weighted by molar-refractivity contribution is 6.61. The molecule has 1 aromatic carbocycles. The highest BCUT2D eigenvalue weighted by atomic mass is 35.5. The number of ether oxygens (including phenoxy) is 2. The number of carbonyl (C=O) groups is 4. The molecule has 1 N–H and O–H groups in total. The molecule has 3 heterocycles. The molecule has 0 saturated carbocycles. The first-order valence-electron chi connectivity index (χ1n) is 11.2. The molecule has 2 aromatic heterocycles. The van der Waals surface area contributed by atoms with Gasteiger partial charge >= 0.3 is 11.6 Å². The van der Waals surface area contributed by atoms with Crippen LogP contribution in [0.15, 0.2) is 29.1 Å². The standard InChI is InChI=1S/C25H19ClN2O8/c1-3-12-13-7-11(35-24(33)34)5-6-17(13)27-20-15(12)10-28-18(20)9-16-14(22(28)31)8-19(29)21(30)25(16,4-2)36-23(26)32/h5-7,9H,3-4,8,10H2,1-2H3,(H,33,34)/t25-/m0/s1. The second kappa shape index (κ2) is 8.27. The fourth-order valence-corrected chi connectivity index (χ4v) is 5.41. The zero-order valence-corrected chi connectivity index (χ0v) is 20.0. The number of benzene rings is 1. The number of ketones is 2. The number of rotatable bonds is 4. The van der Waals surface area contributed by atoms with Crippen LogP contribution in [0.3, 0.4) is 0 Å². The van der Waals surface area contributed by atoms with E-state index >= 15 is 0 Å². The summed E-state index contributed by atoms with van der Waals surface area (Å²) in [5.41, 5.74) is -0.419. The van der Waals surface area contributed by atoms with E-state index in [2.05, 4.69) is 0 Å². The van der Waals surface area contributed by atoms with E-state index in [0.717, 1.165) is 11.1 Å². The summed E-state index contributed by atoms with van der Waals surface area (Å²) >= 11 is 5.48. The number of aryl methyl sites for hydroxylation is 1. The Bertz CT molecular complexity index is 1590. The van der Waals surface area contributed by atoms with Crippen LogP contribution in [0, 0.1) is 0 Å². The molecular weight excluding hydrogens is 492 g/mol. The molecule has 0 amide bonds. The molecule has 36 heavy (non-hydrogen) atoms. The van der Waals surface area contributed by atoms with Gasteiger partial charge in [-0.2, -0.15) is 0 Å². The van der Waals surface area contributed by atoms with Gasteiger partial charge in [-0.25, -0.2) is 14.6 Å². The van der Waals surface area contributed by atoms with Crippen LogP contribution >= 0.6 is 11.6 Å². The lowest BCUT2D eigenvalue weighted by atomic mass is 9.76. The van der Waals surface area contributed by atoms with Crippen molar-refractivity contribution in [3.63, 3.8) is 0 Å². The van der Waals surface area contributed by atoms with Crippen LogP contribution in [0.4, 0.5) is 9.59 Å². The van der Waals surface area contributed by atoms with Gasteiger partial charge in [-0.05, 0) is 42.7 Å². The van der Waals surface area contributed by atoms with Crippen molar-refractivity contribution >= 4 is 45.7 Å². The third-order valence-corrected chi connectivity index (χ3v) is 6.92. The van der Waals surface area contributed by atoms with Gasteiger partial charge in [0.05, 0.1) is 23.4 Å². The van der Waals surface area contributed by atoms with Gasteiger partial charge in [-0.1, -0.05) is 13.8 Å². The highest BCUT2D eigenvalue weighted by Crippen LogP contribution is 2.42. The second-order valence-electron chi connectivity index (χ2n) is 8.58. The van der Waals surface area contributed by atoms with E-state index in [9.17, 15) is 24.0 Å². The largest absolute Gasteiger partial charge is 0.511 e. The quantitative estimate of drug-likeness (QED) is 0.188. The van der Waals surface area contributed by atoms with Gasteiger partial charge in [0.15, 0.2) is 0 Å². The number of halogens is 1. The highest BCUT2D eigenvalue weighted by Gasteiger charge is 2.52. The van der Waals surface area contributed by atoms with Crippen molar-refractivity contribution < 1.29 is 33.8 Å². The van der Waals surface area contributed by atoms with Crippen LogP contribution in [0.5, 0.6) is 5.75 Å². The number of fused-ring (bicyclic) bond motifs is 5. The van der Waals surface area contributed by atoms with Crippen molar-refractivity contribution in [3.8, 4) is 17.1 Å². The molecule has 0 spiro atoms. The van der Waals surface area contributed by atoms with Crippen molar-refractivity contribution in [1.82, 2.24) is 9.55 Å². The van der Waals surface area contributed by atoms with Gasteiger partial charge in [-0.15, -0.1) is 0 Å². The van der Waals surface area contributed by atoms with Crippen LogP contribution in [-0.2, 0) is 39.3 Å². The Labute approximate surface area is 208 Å². The molecule has 0 bridgehead atoms. The van der Waals surface area contributed by atoms with Gasteiger partial charge in [0.2, 0.25) is 17.2 Å².